The molecule has 154 valence electrons. The molecule has 2 saturated carbocycles. The van der Waals surface area contributed by atoms with E-state index in [9.17, 15) is 22.0 Å². The SMILES string of the molecule is CS(=O)(=O)OC[C@@H]1CC[C@H]1c1nc2c(cnn2C2CCC(F)(F)CC2)c(=O)[nH]1. The number of halogens is 2. The Kier molecular flexibility index (Phi) is 4.77. The summed E-state index contributed by atoms with van der Waals surface area (Å²) >= 11 is 0. The smallest absolute Gasteiger partial charge is 0.264 e. The van der Waals surface area contributed by atoms with Crippen LogP contribution in [-0.2, 0) is 14.3 Å². The predicted molar refractivity (Wildman–Crippen MR) is 96.9 cm³/mol. The van der Waals surface area contributed by atoms with E-state index in [1.54, 1.807) is 4.68 Å². The number of hydrogen-bond acceptors (Lipinski definition) is 6. The molecule has 2 aromatic rings. The minimum absolute atomic E-state index is 0.0439. The summed E-state index contributed by atoms with van der Waals surface area (Å²) in [4.78, 5) is 19.8. The van der Waals surface area contributed by atoms with E-state index in [-0.39, 0.29) is 55.7 Å². The Morgan fingerprint density at radius 1 is 1.29 bits per heavy atom. The highest BCUT2D eigenvalue weighted by Crippen LogP contribution is 2.42. The number of fused-ring (bicyclic) bond motifs is 1. The summed E-state index contributed by atoms with van der Waals surface area (Å²) in [6.07, 6.45) is 4.10. The Balaban J connectivity index is 1.60. The van der Waals surface area contributed by atoms with Gasteiger partial charge in [0.25, 0.3) is 15.7 Å². The molecule has 2 heterocycles. The largest absolute Gasteiger partial charge is 0.310 e. The van der Waals surface area contributed by atoms with Crippen LogP contribution in [0.2, 0.25) is 0 Å². The molecule has 0 unspecified atom stereocenters. The summed E-state index contributed by atoms with van der Waals surface area (Å²) in [5, 5.41) is 4.57. The van der Waals surface area contributed by atoms with E-state index >= 15 is 0 Å². The van der Waals surface area contributed by atoms with Crippen LogP contribution >= 0.6 is 0 Å². The van der Waals surface area contributed by atoms with Gasteiger partial charge in [-0.2, -0.15) is 13.5 Å². The Morgan fingerprint density at radius 2 is 2.00 bits per heavy atom. The highest BCUT2D eigenvalue weighted by atomic mass is 32.2. The minimum Gasteiger partial charge on any atom is -0.310 e. The third-order valence-electron chi connectivity index (χ3n) is 5.78. The number of hydrogen-bond donors (Lipinski definition) is 1. The molecule has 11 heteroatoms. The lowest BCUT2D eigenvalue weighted by molar-refractivity contribution is -0.0446. The van der Waals surface area contributed by atoms with Gasteiger partial charge < -0.3 is 4.98 Å². The van der Waals surface area contributed by atoms with Crippen molar-refractivity contribution < 1.29 is 21.4 Å². The third-order valence-corrected chi connectivity index (χ3v) is 6.34. The second-order valence-corrected chi connectivity index (χ2v) is 9.44. The van der Waals surface area contributed by atoms with Crippen LogP contribution in [-0.4, -0.2) is 47.0 Å². The standard InChI is InChI=1S/C17H22F2N4O4S/c1-28(25,26)27-9-10-2-3-12(10)14-21-15-13(16(24)22-14)8-20-23(15)11-4-6-17(18,19)7-5-11/h8,10-12H,2-7,9H2,1H3,(H,21,22,24)/t10-,12+/m0/s1. The van der Waals surface area contributed by atoms with E-state index in [4.69, 9.17) is 4.18 Å². The molecule has 0 aliphatic heterocycles. The summed E-state index contributed by atoms with van der Waals surface area (Å²) in [5.74, 6) is -2.35. The number of aromatic nitrogens is 4. The molecule has 0 saturated heterocycles. The van der Waals surface area contributed by atoms with Gasteiger partial charge in [-0.05, 0) is 31.6 Å². The van der Waals surface area contributed by atoms with Crippen LogP contribution in [0, 0.1) is 5.92 Å². The van der Waals surface area contributed by atoms with Gasteiger partial charge >= 0.3 is 0 Å². The van der Waals surface area contributed by atoms with Gasteiger partial charge in [0, 0.05) is 18.8 Å². The monoisotopic (exact) mass is 416 g/mol. The van der Waals surface area contributed by atoms with Gasteiger partial charge in [-0.3, -0.25) is 8.98 Å². The lowest BCUT2D eigenvalue weighted by atomic mass is 9.73. The topological polar surface area (TPSA) is 107 Å². The summed E-state index contributed by atoms with van der Waals surface area (Å²) in [5.41, 5.74) is 0.0609. The van der Waals surface area contributed by atoms with Crippen molar-refractivity contribution in [3.63, 3.8) is 0 Å². The molecule has 0 bridgehead atoms. The van der Waals surface area contributed by atoms with Crippen LogP contribution in [0.5, 0.6) is 0 Å². The molecule has 0 amide bonds. The number of alkyl halides is 2. The average Bonchev–Trinajstić information content (AvgIpc) is 2.97. The molecule has 0 spiro atoms. The summed E-state index contributed by atoms with van der Waals surface area (Å²) in [6, 6.07) is -0.218. The zero-order valence-electron chi connectivity index (χ0n) is 15.4. The van der Waals surface area contributed by atoms with Crippen molar-refractivity contribution >= 4 is 21.2 Å². The lowest BCUT2D eigenvalue weighted by Crippen LogP contribution is -2.32. The van der Waals surface area contributed by atoms with E-state index in [1.807, 2.05) is 0 Å². The quantitative estimate of drug-likeness (QED) is 0.750. The minimum atomic E-state index is -3.53. The maximum atomic E-state index is 13.5. The summed E-state index contributed by atoms with van der Waals surface area (Å²) in [6.45, 7) is 0.0439. The fourth-order valence-corrected chi connectivity index (χ4v) is 4.43. The second kappa shape index (κ2) is 6.87. The molecule has 2 aliphatic carbocycles. The van der Waals surface area contributed by atoms with Crippen molar-refractivity contribution in [1.82, 2.24) is 19.7 Å². The van der Waals surface area contributed by atoms with E-state index in [0.29, 0.717) is 16.9 Å². The molecule has 2 aliphatic rings. The van der Waals surface area contributed by atoms with Crippen LogP contribution in [0.3, 0.4) is 0 Å². The first-order chi connectivity index (χ1) is 13.1. The molecule has 28 heavy (non-hydrogen) atoms. The molecular weight excluding hydrogens is 394 g/mol. The first kappa shape index (κ1) is 19.4. The number of nitrogens with one attached hydrogen (secondary N) is 1. The number of nitrogens with zero attached hydrogens (tertiary/aromatic N) is 3. The summed E-state index contributed by atoms with van der Waals surface area (Å²) < 4.78 is 55.8. The van der Waals surface area contributed by atoms with Crippen LogP contribution in [0.25, 0.3) is 11.0 Å². The van der Waals surface area contributed by atoms with Crippen molar-refractivity contribution in [2.45, 2.75) is 56.4 Å². The zero-order valence-corrected chi connectivity index (χ0v) is 16.2. The first-order valence-corrected chi connectivity index (χ1v) is 11.1. The maximum absolute atomic E-state index is 13.5. The van der Waals surface area contributed by atoms with Crippen molar-refractivity contribution in [2.75, 3.05) is 12.9 Å². The predicted octanol–water partition coefficient (Wildman–Crippen LogP) is 2.34. The molecule has 0 aromatic carbocycles. The van der Waals surface area contributed by atoms with Crippen LogP contribution < -0.4 is 5.56 Å². The highest BCUT2D eigenvalue weighted by molar-refractivity contribution is 7.85. The lowest BCUT2D eigenvalue weighted by Gasteiger charge is -2.35. The molecule has 8 nitrogen and oxygen atoms in total. The fourth-order valence-electron chi connectivity index (χ4n) is 4.00. The van der Waals surface area contributed by atoms with E-state index in [0.717, 1.165) is 19.1 Å². The first-order valence-electron chi connectivity index (χ1n) is 9.33. The number of H-pyrrole nitrogens is 1. The average molecular weight is 416 g/mol. The molecule has 2 atom stereocenters. The highest BCUT2D eigenvalue weighted by Gasteiger charge is 2.38. The van der Waals surface area contributed by atoms with Gasteiger partial charge in [0.2, 0.25) is 5.92 Å². The Hall–Kier alpha value is -1.88. The van der Waals surface area contributed by atoms with Gasteiger partial charge in [0.05, 0.1) is 25.1 Å². The Morgan fingerprint density at radius 3 is 2.61 bits per heavy atom. The van der Waals surface area contributed by atoms with Gasteiger partial charge in [0.1, 0.15) is 11.2 Å². The molecule has 2 aromatic heterocycles. The third kappa shape index (κ3) is 3.82. The molecule has 4 rings (SSSR count). The molecule has 1 N–H and O–H groups in total. The van der Waals surface area contributed by atoms with E-state index in [1.165, 1.54) is 6.20 Å². The zero-order chi connectivity index (χ0) is 20.1. The van der Waals surface area contributed by atoms with Gasteiger partial charge in [-0.25, -0.2) is 18.4 Å². The van der Waals surface area contributed by atoms with Crippen molar-refractivity contribution in [1.29, 1.82) is 0 Å². The number of aromatic amines is 1. The normalized spacial score (nSPS) is 25.7. The number of rotatable bonds is 5. The maximum Gasteiger partial charge on any atom is 0.264 e. The Bertz CT molecular complexity index is 1040. The Labute approximate surface area is 160 Å². The van der Waals surface area contributed by atoms with Gasteiger partial charge in [-0.15, -0.1) is 0 Å². The van der Waals surface area contributed by atoms with Crippen molar-refractivity contribution in [3.05, 3.63) is 22.4 Å². The van der Waals surface area contributed by atoms with E-state index < -0.39 is 16.0 Å². The fraction of sp³-hybridized carbons (Fsp3) is 0.706. The van der Waals surface area contributed by atoms with Crippen LogP contribution in [0.1, 0.15) is 56.3 Å². The van der Waals surface area contributed by atoms with Crippen LogP contribution in [0.15, 0.2) is 11.0 Å². The van der Waals surface area contributed by atoms with Crippen molar-refractivity contribution in [2.24, 2.45) is 5.92 Å². The van der Waals surface area contributed by atoms with Crippen molar-refractivity contribution in [3.8, 4) is 0 Å². The molecular formula is C17H22F2N4O4S. The van der Waals surface area contributed by atoms with Gasteiger partial charge in [-0.1, -0.05) is 0 Å². The molecule has 2 fully saturated rings. The second-order valence-electron chi connectivity index (χ2n) is 7.80. The van der Waals surface area contributed by atoms with Crippen LogP contribution in [0.4, 0.5) is 8.78 Å². The van der Waals surface area contributed by atoms with Gasteiger partial charge in [0.15, 0.2) is 5.65 Å². The van der Waals surface area contributed by atoms with E-state index in [2.05, 4.69) is 15.1 Å². The molecule has 0 radical (unpaired) electrons. The summed E-state index contributed by atoms with van der Waals surface area (Å²) in [7, 11) is -3.53.